The number of halogens is 1. The molecular weight excluding hydrogens is 460 g/mol. The van der Waals surface area contributed by atoms with Gasteiger partial charge in [0.25, 0.3) is 0 Å². The van der Waals surface area contributed by atoms with Crippen molar-refractivity contribution in [1.29, 1.82) is 0 Å². The number of carbonyl (C=O) groups is 1. The Morgan fingerprint density at radius 2 is 1.91 bits per heavy atom. The molecule has 6 heteroatoms. The maximum Gasteiger partial charge on any atom is 0.226 e. The summed E-state index contributed by atoms with van der Waals surface area (Å²) in [6, 6.07) is 17.1. The summed E-state index contributed by atoms with van der Waals surface area (Å²) < 4.78 is 6.14. The number of ketones is 1. The number of hydrogen-bond acceptors (Lipinski definition) is 5. The van der Waals surface area contributed by atoms with Gasteiger partial charge in [-0.15, -0.1) is 0 Å². The van der Waals surface area contributed by atoms with Gasteiger partial charge in [-0.1, -0.05) is 41.9 Å². The fraction of sp³-hybridized carbons (Fsp3) is 0.310. The highest BCUT2D eigenvalue weighted by atomic mass is 35.5. The first-order valence-electron chi connectivity index (χ1n) is 12.1. The number of Topliss-reactive ketones (excluding diaryl/α,β-unsaturated/α-hetero) is 1. The van der Waals surface area contributed by atoms with Gasteiger partial charge >= 0.3 is 0 Å². The van der Waals surface area contributed by atoms with Crippen LogP contribution in [-0.4, -0.2) is 40.4 Å². The van der Waals surface area contributed by atoms with Crippen LogP contribution in [0.5, 0.6) is 11.6 Å². The lowest BCUT2D eigenvalue weighted by Crippen LogP contribution is -2.42. The quantitative estimate of drug-likeness (QED) is 0.443. The zero-order valence-electron chi connectivity index (χ0n) is 19.8. The van der Waals surface area contributed by atoms with E-state index in [1.165, 1.54) is 0 Å². The smallest absolute Gasteiger partial charge is 0.226 e. The summed E-state index contributed by atoms with van der Waals surface area (Å²) >= 11 is 6.01. The van der Waals surface area contributed by atoms with Crippen molar-refractivity contribution in [3.8, 4) is 11.6 Å². The standard InChI is InChI=1S/C29H29ClN2O3/c1-20(33)24-6-2-8-27-26(24)19-21(25-7-3-15-31-28(25)35-27)5-4-16-32-17-13-29(34,14-18-32)22-9-11-23(30)12-10-22/h2-3,5-12,15,34H,4,13-14,16-19H2,1H3/b21-5-. The minimum absolute atomic E-state index is 0.0326. The van der Waals surface area contributed by atoms with Crippen molar-refractivity contribution in [3.63, 3.8) is 0 Å². The van der Waals surface area contributed by atoms with Crippen LogP contribution in [0.25, 0.3) is 5.57 Å². The van der Waals surface area contributed by atoms with Gasteiger partial charge in [-0.3, -0.25) is 4.79 Å². The van der Waals surface area contributed by atoms with Gasteiger partial charge in [0.05, 0.1) is 5.60 Å². The molecule has 2 aliphatic heterocycles. The number of nitrogens with zero attached hydrogens (tertiary/aromatic N) is 2. The molecule has 35 heavy (non-hydrogen) atoms. The van der Waals surface area contributed by atoms with Gasteiger partial charge in [0.2, 0.25) is 5.88 Å². The third-order valence-electron chi connectivity index (χ3n) is 7.10. The van der Waals surface area contributed by atoms with Crippen LogP contribution in [-0.2, 0) is 12.0 Å². The molecule has 1 fully saturated rings. The van der Waals surface area contributed by atoms with E-state index in [0.29, 0.717) is 41.5 Å². The number of likely N-dealkylation sites (tertiary alicyclic amines) is 1. The van der Waals surface area contributed by atoms with Gasteiger partial charge in [0.15, 0.2) is 5.78 Å². The molecule has 0 unspecified atom stereocenters. The average Bonchev–Trinajstić information content (AvgIpc) is 3.02. The SMILES string of the molecule is CC(=O)c1cccc2c1C/C(=C/CCN1CCC(O)(c3ccc(Cl)cc3)CC1)c1cccnc1O2. The summed E-state index contributed by atoms with van der Waals surface area (Å²) in [5.41, 5.74) is 3.83. The van der Waals surface area contributed by atoms with Crippen LogP contribution in [0.3, 0.4) is 0 Å². The van der Waals surface area contributed by atoms with Gasteiger partial charge in [-0.25, -0.2) is 4.98 Å². The maximum absolute atomic E-state index is 12.3. The van der Waals surface area contributed by atoms with E-state index in [9.17, 15) is 9.90 Å². The highest BCUT2D eigenvalue weighted by Crippen LogP contribution is 2.39. The number of piperidine rings is 1. The third kappa shape index (κ3) is 5.03. The normalized spacial score (nSPS) is 18.3. The van der Waals surface area contributed by atoms with E-state index in [1.54, 1.807) is 13.1 Å². The summed E-state index contributed by atoms with van der Waals surface area (Å²) in [5.74, 6) is 1.30. The second kappa shape index (κ2) is 9.94. The summed E-state index contributed by atoms with van der Waals surface area (Å²) in [6.45, 7) is 4.16. The molecule has 0 spiro atoms. The number of hydrogen-bond donors (Lipinski definition) is 1. The van der Waals surface area contributed by atoms with Gasteiger partial charge in [0.1, 0.15) is 5.75 Å². The van der Waals surface area contributed by atoms with E-state index >= 15 is 0 Å². The third-order valence-corrected chi connectivity index (χ3v) is 7.36. The van der Waals surface area contributed by atoms with E-state index in [4.69, 9.17) is 16.3 Å². The molecule has 0 atom stereocenters. The number of ether oxygens (including phenoxy) is 1. The molecule has 5 rings (SSSR count). The number of rotatable bonds is 5. The molecule has 180 valence electrons. The van der Waals surface area contributed by atoms with Crippen LogP contribution in [0, 0.1) is 0 Å². The molecule has 0 bridgehead atoms. The van der Waals surface area contributed by atoms with Crippen LogP contribution < -0.4 is 4.74 Å². The first kappa shape index (κ1) is 23.7. The van der Waals surface area contributed by atoms with Crippen molar-refractivity contribution in [1.82, 2.24) is 9.88 Å². The van der Waals surface area contributed by atoms with E-state index < -0.39 is 5.60 Å². The number of allylic oxidation sites excluding steroid dienone is 1. The van der Waals surface area contributed by atoms with Crippen LogP contribution >= 0.6 is 11.6 Å². The van der Waals surface area contributed by atoms with Crippen LogP contribution in [0.4, 0.5) is 0 Å². The average molecular weight is 489 g/mol. The van der Waals surface area contributed by atoms with Gasteiger partial charge in [0, 0.05) is 54.0 Å². The van der Waals surface area contributed by atoms with E-state index in [1.807, 2.05) is 54.6 Å². The highest BCUT2D eigenvalue weighted by molar-refractivity contribution is 6.30. The van der Waals surface area contributed by atoms with Crippen LogP contribution in [0.2, 0.25) is 5.02 Å². The van der Waals surface area contributed by atoms with Crippen molar-refractivity contribution in [3.05, 3.63) is 94.1 Å². The van der Waals surface area contributed by atoms with Gasteiger partial charge in [-0.2, -0.15) is 0 Å². The van der Waals surface area contributed by atoms with Crippen molar-refractivity contribution in [2.24, 2.45) is 0 Å². The molecule has 3 heterocycles. The Balaban J connectivity index is 1.30. The maximum atomic E-state index is 12.3. The summed E-state index contributed by atoms with van der Waals surface area (Å²) in [4.78, 5) is 19.1. The molecule has 0 saturated carbocycles. The fourth-order valence-electron chi connectivity index (χ4n) is 5.08. The van der Waals surface area contributed by atoms with Crippen molar-refractivity contribution in [2.75, 3.05) is 19.6 Å². The Morgan fingerprint density at radius 3 is 2.66 bits per heavy atom. The number of aromatic nitrogens is 1. The second-order valence-electron chi connectivity index (χ2n) is 9.37. The lowest BCUT2D eigenvalue weighted by atomic mass is 9.84. The summed E-state index contributed by atoms with van der Waals surface area (Å²) in [7, 11) is 0. The van der Waals surface area contributed by atoms with Gasteiger partial charge in [-0.05, 0) is 67.7 Å². The zero-order valence-corrected chi connectivity index (χ0v) is 20.6. The lowest BCUT2D eigenvalue weighted by Gasteiger charge is -2.38. The monoisotopic (exact) mass is 488 g/mol. The molecule has 1 N–H and O–H groups in total. The predicted molar refractivity (Wildman–Crippen MR) is 138 cm³/mol. The molecule has 0 amide bonds. The van der Waals surface area contributed by atoms with Crippen molar-refractivity contribution in [2.45, 2.75) is 38.2 Å². The number of fused-ring (bicyclic) bond motifs is 2. The molecule has 3 aromatic rings. The van der Waals surface area contributed by atoms with Crippen molar-refractivity contribution < 1.29 is 14.6 Å². The Bertz CT molecular complexity index is 1260. The number of carbonyl (C=O) groups excluding carboxylic acids is 1. The number of pyridine rings is 1. The largest absolute Gasteiger partial charge is 0.438 e. The second-order valence-corrected chi connectivity index (χ2v) is 9.81. The minimum Gasteiger partial charge on any atom is -0.438 e. The molecule has 1 saturated heterocycles. The molecule has 2 aromatic carbocycles. The Labute approximate surface area is 211 Å². The number of aliphatic hydroxyl groups is 1. The summed E-state index contributed by atoms with van der Waals surface area (Å²) in [6.07, 6.45) is 6.85. The number of benzene rings is 2. The predicted octanol–water partition coefficient (Wildman–Crippen LogP) is 6.04. The molecule has 0 aliphatic carbocycles. The summed E-state index contributed by atoms with van der Waals surface area (Å²) in [5, 5.41) is 11.8. The van der Waals surface area contributed by atoms with Gasteiger partial charge < -0.3 is 14.7 Å². The van der Waals surface area contributed by atoms with E-state index in [0.717, 1.165) is 48.3 Å². The Morgan fingerprint density at radius 1 is 1.14 bits per heavy atom. The Hall–Kier alpha value is -2.99. The topological polar surface area (TPSA) is 62.7 Å². The van der Waals surface area contributed by atoms with Crippen LogP contribution in [0.15, 0.2) is 66.9 Å². The highest BCUT2D eigenvalue weighted by Gasteiger charge is 2.33. The molecule has 2 aliphatic rings. The minimum atomic E-state index is -0.796. The lowest BCUT2D eigenvalue weighted by molar-refractivity contribution is -0.0254. The fourth-order valence-corrected chi connectivity index (χ4v) is 5.20. The Kier molecular flexibility index (Phi) is 6.74. The van der Waals surface area contributed by atoms with E-state index in [-0.39, 0.29) is 5.78 Å². The molecule has 5 nitrogen and oxygen atoms in total. The van der Waals surface area contributed by atoms with Crippen LogP contribution in [0.1, 0.15) is 53.2 Å². The molecule has 0 radical (unpaired) electrons. The van der Waals surface area contributed by atoms with Crippen molar-refractivity contribution >= 4 is 23.0 Å². The zero-order chi connectivity index (χ0) is 24.4. The van der Waals surface area contributed by atoms with E-state index in [2.05, 4.69) is 16.0 Å². The molecular formula is C29H29ClN2O3. The molecule has 1 aromatic heterocycles. The first-order valence-corrected chi connectivity index (χ1v) is 12.5. The first-order chi connectivity index (χ1) is 16.9.